The number of likely N-dealkylation sites (N-methyl/N-ethyl adjacent to an activating group) is 1. The number of carbonyl (C=O) groups is 5. The summed E-state index contributed by atoms with van der Waals surface area (Å²) in [6.07, 6.45) is 37.2. The molecule has 0 saturated carbocycles. The molecule has 1 unspecified atom stereocenters. The summed E-state index contributed by atoms with van der Waals surface area (Å²) in [7, 11) is 1.69. The normalized spacial score (nSPS) is 11.9. The maximum Gasteiger partial charge on any atom is 0.417 e. The number of amides is 1. The summed E-state index contributed by atoms with van der Waals surface area (Å²) in [5, 5.41) is 9.11. The minimum atomic E-state index is -1.59. The Morgan fingerprint density at radius 1 is 0.435 bits per heavy atom. The van der Waals surface area contributed by atoms with Gasteiger partial charge in [0.1, 0.15) is 12.6 Å². The fourth-order valence-electron chi connectivity index (χ4n) is 8.36. The molecule has 10 nitrogen and oxygen atoms in total. The smallest absolute Gasteiger partial charge is 0.417 e. The van der Waals surface area contributed by atoms with Crippen molar-refractivity contribution >= 4 is 29.8 Å². The van der Waals surface area contributed by atoms with Gasteiger partial charge in [-0.15, -0.1) is 0 Å². The number of ether oxygens (including phenoxy) is 3. The number of hydrogen-bond donors (Lipinski definition) is 1. The predicted molar refractivity (Wildman–Crippen MR) is 253 cm³/mol. The van der Waals surface area contributed by atoms with Crippen molar-refractivity contribution < 1.29 is 43.3 Å². The molecule has 1 amide bonds. The third-order valence-electron chi connectivity index (χ3n) is 12.4. The highest BCUT2D eigenvalue weighted by molar-refractivity contribution is 6.28. The molecule has 364 valence electrons. The number of carbonyl (C=O) groups excluding carboxylic acids is 4. The van der Waals surface area contributed by atoms with Crippen LogP contribution in [0.4, 0.5) is 0 Å². The van der Waals surface area contributed by atoms with E-state index >= 15 is 0 Å². The van der Waals surface area contributed by atoms with Crippen LogP contribution in [-0.4, -0.2) is 72.7 Å². The van der Waals surface area contributed by atoms with E-state index in [0.29, 0.717) is 50.5 Å². The van der Waals surface area contributed by atoms with Crippen molar-refractivity contribution in [3.05, 3.63) is 0 Å². The molecule has 0 bridgehead atoms. The first-order valence-electron chi connectivity index (χ1n) is 26.1. The first-order chi connectivity index (χ1) is 30.1. The Morgan fingerprint density at radius 3 is 1.16 bits per heavy atom. The van der Waals surface area contributed by atoms with Crippen LogP contribution in [0.3, 0.4) is 0 Å². The Balaban J connectivity index is 4.48. The van der Waals surface area contributed by atoms with Gasteiger partial charge in [-0.1, -0.05) is 182 Å². The second-order valence-electron chi connectivity index (χ2n) is 18.4. The Hall–Kier alpha value is -2.65. The molecule has 62 heavy (non-hydrogen) atoms. The minimum absolute atomic E-state index is 0.0127. The lowest BCUT2D eigenvalue weighted by atomic mass is 9.91. The van der Waals surface area contributed by atoms with Gasteiger partial charge in [-0.3, -0.25) is 14.4 Å². The fourth-order valence-corrected chi connectivity index (χ4v) is 8.36. The van der Waals surface area contributed by atoms with E-state index in [2.05, 4.69) is 27.7 Å². The number of rotatable bonds is 45. The van der Waals surface area contributed by atoms with E-state index < -0.39 is 24.0 Å². The van der Waals surface area contributed by atoms with Crippen molar-refractivity contribution in [1.82, 2.24) is 4.90 Å². The zero-order valence-corrected chi connectivity index (χ0v) is 41.0. The highest BCUT2D eigenvalue weighted by Gasteiger charge is 2.21. The van der Waals surface area contributed by atoms with Gasteiger partial charge in [-0.2, -0.15) is 0 Å². The van der Waals surface area contributed by atoms with Gasteiger partial charge < -0.3 is 24.2 Å². The molecular formula is C52H97NO9. The highest BCUT2D eigenvalue weighted by Crippen LogP contribution is 2.24. The Labute approximate surface area is 380 Å². The van der Waals surface area contributed by atoms with Crippen LogP contribution in [0, 0.1) is 11.8 Å². The third kappa shape index (κ3) is 37.9. The van der Waals surface area contributed by atoms with Crippen LogP contribution in [-0.2, 0) is 38.2 Å². The molecule has 0 rings (SSSR count). The predicted octanol–water partition coefficient (Wildman–Crippen LogP) is 13.9. The number of nitrogens with zero attached hydrogens (tertiary/aromatic N) is 1. The van der Waals surface area contributed by atoms with Gasteiger partial charge in [0.15, 0.2) is 0 Å². The summed E-state index contributed by atoms with van der Waals surface area (Å²) in [6.45, 7) is 9.56. The summed E-state index contributed by atoms with van der Waals surface area (Å²) in [5.41, 5.74) is 0. The van der Waals surface area contributed by atoms with Crippen molar-refractivity contribution in [2.75, 3.05) is 26.8 Å². The van der Waals surface area contributed by atoms with E-state index in [-0.39, 0.29) is 25.0 Å². The molecule has 0 aliphatic rings. The van der Waals surface area contributed by atoms with Gasteiger partial charge in [0, 0.05) is 19.9 Å². The van der Waals surface area contributed by atoms with Gasteiger partial charge in [0.05, 0.1) is 13.2 Å². The zero-order valence-electron chi connectivity index (χ0n) is 41.0. The number of hydrogen-bond acceptors (Lipinski definition) is 8. The second-order valence-corrected chi connectivity index (χ2v) is 18.4. The van der Waals surface area contributed by atoms with Crippen molar-refractivity contribution in [1.29, 1.82) is 0 Å². The van der Waals surface area contributed by atoms with E-state index in [1.54, 1.807) is 7.05 Å². The standard InChI is InChI=1S/C52H97NO9/c1-6-10-14-18-26-34-45(35-27-19-15-11-7-2)42-48(54)53(5)44-50(56)61-41-33-25-23-31-39-47(62-52(59)51(57)58)38-30-22-24-32-40-60-49(55)43-46(36-28-20-16-12-8-3)37-29-21-17-13-9-4/h45-47H,6-44H2,1-5H3,(H,57,58). The van der Waals surface area contributed by atoms with Crippen LogP contribution in [0.2, 0.25) is 0 Å². The van der Waals surface area contributed by atoms with Gasteiger partial charge in [0.2, 0.25) is 5.91 Å². The summed E-state index contributed by atoms with van der Waals surface area (Å²) >= 11 is 0. The van der Waals surface area contributed by atoms with Crippen LogP contribution >= 0.6 is 0 Å². The third-order valence-corrected chi connectivity index (χ3v) is 12.4. The van der Waals surface area contributed by atoms with E-state index in [0.717, 1.165) is 83.5 Å². The number of unbranched alkanes of at least 4 members (excludes halogenated alkanes) is 22. The van der Waals surface area contributed by atoms with Crippen LogP contribution in [0.15, 0.2) is 0 Å². The quantitative estimate of drug-likeness (QED) is 0.0274. The van der Waals surface area contributed by atoms with Crippen LogP contribution in [0.25, 0.3) is 0 Å². The lowest BCUT2D eigenvalue weighted by Gasteiger charge is -2.21. The maximum absolute atomic E-state index is 13.1. The summed E-state index contributed by atoms with van der Waals surface area (Å²) < 4.78 is 16.4. The summed E-state index contributed by atoms with van der Waals surface area (Å²) in [6, 6.07) is 0. The average Bonchev–Trinajstić information content (AvgIpc) is 3.24. The topological polar surface area (TPSA) is 137 Å². The van der Waals surface area contributed by atoms with Crippen molar-refractivity contribution in [3.63, 3.8) is 0 Å². The van der Waals surface area contributed by atoms with Crippen molar-refractivity contribution in [3.8, 4) is 0 Å². The largest absolute Gasteiger partial charge is 0.473 e. The highest BCUT2D eigenvalue weighted by atomic mass is 16.6. The first-order valence-corrected chi connectivity index (χ1v) is 26.1. The van der Waals surface area contributed by atoms with Crippen molar-refractivity contribution in [2.45, 2.75) is 265 Å². The monoisotopic (exact) mass is 880 g/mol. The van der Waals surface area contributed by atoms with Crippen LogP contribution < -0.4 is 0 Å². The lowest BCUT2D eigenvalue weighted by molar-refractivity contribution is -0.167. The van der Waals surface area contributed by atoms with Gasteiger partial charge in [0.25, 0.3) is 0 Å². The molecule has 1 N–H and O–H groups in total. The zero-order chi connectivity index (χ0) is 45.9. The fraction of sp³-hybridized carbons (Fsp3) is 0.904. The molecule has 0 aromatic carbocycles. The van der Waals surface area contributed by atoms with Crippen LogP contribution in [0.1, 0.15) is 259 Å². The van der Waals surface area contributed by atoms with Gasteiger partial charge in [-0.25, -0.2) is 9.59 Å². The Morgan fingerprint density at radius 2 is 0.774 bits per heavy atom. The second kappa shape index (κ2) is 43.6. The molecule has 0 aromatic rings. The summed E-state index contributed by atoms with van der Waals surface area (Å²) in [4.78, 5) is 62.9. The van der Waals surface area contributed by atoms with Gasteiger partial charge in [-0.05, 0) is 76.0 Å². The van der Waals surface area contributed by atoms with E-state index in [4.69, 9.17) is 19.3 Å². The molecule has 10 heteroatoms. The van der Waals surface area contributed by atoms with E-state index in [9.17, 15) is 24.0 Å². The SMILES string of the molecule is CCCCCCCC(CCCCCCC)CC(=O)OCCCCCCC(CCCCCCOC(=O)CN(C)C(=O)CC(CCCCCCC)CCCCCCC)OC(=O)C(=O)O. The van der Waals surface area contributed by atoms with Crippen molar-refractivity contribution in [2.24, 2.45) is 11.8 Å². The molecule has 0 heterocycles. The first kappa shape index (κ1) is 59.4. The number of aliphatic carboxylic acids is 1. The number of esters is 3. The average molecular weight is 880 g/mol. The molecular weight excluding hydrogens is 783 g/mol. The van der Waals surface area contributed by atoms with E-state index in [1.807, 2.05) is 0 Å². The number of carboxylic acid groups (broad SMARTS) is 1. The van der Waals surface area contributed by atoms with E-state index in [1.165, 1.54) is 120 Å². The molecule has 0 saturated heterocycles. The Kier molecular flexibility index (Phi) is 41.7. The molecule has 0 radical (unpaired) electrons. The lowest BCUT2D eigenvalue weighted by Crippen LogP contribution is -2.34. The Bertz CT molecular complexity index is 1070. The minimum Gasteiger partial charge on any atom is -0.473 e. The number of carboxylic acids is 1. The molecule has 0 fully saturated rings. The summed E-state index contributed by atoms with van der Waals surface area (Å²) in [5.74, 6) is -2.49. The molecule has 0 aliphatic heterocycles. The van der Waals surface area contributed by atoms with Gasteiger partial charge >= 0.3 is 23.9 Å². The maximum atomic E-state index is 13.1. The van der Waals surface area contributed by atoms with Crippen LogP contribution in [0.5, 0.6) is 0 Å². The molecule has 0 aromatic heterocycles. The molecule has 1 atom stereocenters. The molecule has 0 aliphatic carbocycles. The molecule has 0 spiro atoms.